The molecule has 0 spiro atoms. The van der Waals surface area contributed by atoms with Crippen molar-refractivity contribution in [2.24, 2.45) is 0 Å². The predicted octanol–water partition coefficient (Wildman–Crippen LogP) is 4.51. The highest BCUT2D eigenvalue weighted by atomic mass is 16.5. The summed E-state index contributed by atoms with van der Waals surface area (Å²) < 4.78 is 18.3. The van der Waals surface area contributed by atoms with Crippen LogP contribution in [-0.2, 0) is 11.3 Å². The molecule has 2 amide bonds. The molecule has 1 atom stereocenters. The Morgan fingerprint density at radius 2 is 1.79 bits per heavy atom. The Kier molecular flexibility index (Phi) is 5.75. The van der Waals surface area contributed by atoms with Gasteiger partial charge in [-0.25, -0.2) is 0 Å². The lowest BCUT2D eigenvalue weighted by Crippen LogP contribution is -2.65. The van der Waals surface area contributed by atoms with Gasteiger partial charge in [0.25, 0.3) is 5.91 Å². The third-order valence-corrected chi connectivity index (χ3v) is 7.21. The van der Waals surface area contributed by atoms with Gasteiger partial charge in [-0.2, -0.15) is 0 Å². The number of aromatic nitrogens is 1. The Labute approximate surface area is 198 Å². The summed E-state index contributed by atoms with van der Waals surface area (Å²) in [7, 11) is 3.12. The summed E-state index contributed by atoms with van der Waals surface area (Å²) in [6.45, 7) is 2.15. The molecule has 1 saturated carbocycles. The maximum absolute atomic E-state index is 13.9. The molecular formula is C26H31N3O5. The van der Waals surface area contributed by atoms with Crippen molar-refractivity contribution in [3.05, 3.63) is 42.3 Å². The monoisotopic (exact) mass is 465 g/mol. The minimum atomic E-state index is -1.15. The minimum absolute atomic E-state index is 0.120. The zero-order valence-electron chi connectivity index (χ0n) is 19.9. The van der Waals surface area contributed by atoms with E-state index in [9.17, 15) is 9.59 Å². The number of anilines is 1. The Hall–Kier alpha value is -3.42. The number of nitrogens with one attached hydrogen (secondary N) is 1. The summed E-state index contributed by atoms with van der Waals surface area (Å²) in [5.74, 6) is 0.636. The van der Waals surface area contributed by atoms with Crippen LogP contribution < -0.4 is 19.7 Å². The molecule has 1 aliphatic carbocycles. The zero-order chi connectivity index (χ0) is 23.9. The highest BCUT2D eigenvalue weighted by Crippen LogP contribution is 2.39. The molecule has 2 aliphatic rings. The molecule has 1 N–H and O–H groups in total. The summed E-state index contributed by atoms with van der Waals surface area (Å²) >= 11 is 0. The first-order valence-corrected chi connectivity index (χ1v) is 11.9. The molecule has 8 heteroatoms. The van der Waals surface area contributed by atoms with Crippen LogP contribution in [0.5, 0.6) is 11.5 Å². The van der Waals surface area contributed by atoms with E-state index in [4.69, 9.17) is 13.9 Å². The van der Waals surface area contributed by atoms with Gasteiger partial charge >= 0.3 is 0 Å². The summed E-state index contributed by atoms with van der Waals surface area (Å²) in [4.78, 5) is 29.4. The van der Waals surface area contributed by atoms with Crippen LogP contribution in [0.15, 0.2) is 41.0 Å². The van der Waals surface area contributed by atoms with Gasteiger partial charge in [0.2, 0.25) is 5.91 Å². The smallest absolute Gasteiger partial charge is 0.276 e. The van der Waals surface area contributed by atoms with Crippen molar-refractivity contribution in [2.75, 3.05) is 19.1 Å². The van der Waals surface area contributed by atoms with Gasteiger partial charge in [0.05, 0.1) is 32.5 Å². The van der Waals surface area contributed by atoms with Gasteiger partial charge in [-0.1, -0.05) is 25.7 Å². The van der Waals surface area contributed by atoms with E-state index < -0.39 is 5.54 Å². The largest absolute Gasteiger partial charge is 0.493 e. The fourth-order valence-corrected chi connectivity index (χ4v) is 5.35. The van der Waals surface area contributed by atoms with E-state index in [2.05, 4.69) is 5.32 Å². The van der Waals surface area contributed by atoms with Crippen molar-refractivity contribution >= 4 is 28.6 Å². The third kappa shape index (κ3) is 3.61. The molecule has 5 rings (SSSR count). The van der Waals surface area contributed by atoms with Gasteiger partial charge in [0.1, 0.15) is 11.2 Å². The number of hydrogen-bond donors (Lipinski definition) is 1. The molecule has 2 aromatic heterocycles. The predicted molar refractivity (Wildman–Crippen MR) is 129 cm³/mol. The minimum Gasteiger partial charge on any atom is -0.493 e. The maximum Gasteiger partial charge on any atom is 0.276 e. The Morgan fingerprint density at radius 3 is 2.50 bits per heavy atom. The lowest BCUT2D eigenvalue weighted by atomic mass is 9.92. The topological polar surface area (TPSA) is 85.9 Å². The van der Waals surface area contributed by atoms with Crippen molar-refractivity contribution in [3.8, 4) is 11.5 Å². The molecule has 1 fully saturated rings. The Bertz CT molecular complexity index is 1220. The molecule has 0 saturated heterocycles. The Morgan fingerprint density at radius 1 is 1.06 bits per heavy atom. The molecular weight excluding hydrogens is 434 g/mol. The summed E-state index contributed by atoms with van der Waals surface area (Å²) in [5, 5.41) is 3.28. The van der Waals surface area contributed by atoms with Crippen molar-refractivity contribution < 1.29 is 23.5 Å². The first-order chi connectivity index (χ1) is 16.5. The number of methoxy groups -OCH3 is 2. The van der Waals surface area contributed by atoms with E-state index in [-0.39, 0.29) is 17.9 Å². The van der Waals surface area contributed by atoms with Gasteiger partial charge in [0, 0.05) is 29.9 Å². The van der Waals surface area contributed by atoms with Gasteiger partial charge < -0.3 is 23.8 Å². The zero-order valence-corrected chi connectivity index (χ0v) is 19.9. The molecule has 34 heavy (non-hydrogen) atoms. The van der Waals surface area contributed by atoms with Gasteiger partial charge in [0.15, 0.2) is 17.1 Å². The van der Waals surface area contributed by atoms with Crippen molar-refractivity contribution in [1.29, 1.82) is 0 Å². The summed E-state index contributed by atoms with van der Waals surface area (Å²) in [6, 6.07) is 8.99. The number of amides is 2. The molecule has 3 heterocycles. The van der Waals surface area contributed by atoms with Crippen LogP contribution in [0, 0.1) is 0 Å². The number of carbonyl (C=O) groups is 2. The molecule has 1 aliphatic heterocycles. The number of benzene rings is 1. The molecule has 0 radical (unpaired) electrons. The lowest BCUT2D eigenvalue weighted by molar-refractivity contribution is -0.127. The van der Waals surface area contributed by atoms with Crippen LogP contribution in [0.1, 0.15) is 55.9 Å². The second-order valence-electron chi connectivity index (χ2n) is 9.40. The number of ether oxygens (including phenoxy) is 2. The number of nitrogens with zero attached hydrogens (tertiary/aromatic N) is 2. The van der Waals surface area contributed by atoms with Crippen LogP contribution >= 0.6 is 0 Å². The molecule has 3 aromatic rings. The van der Waals surface area contributed by atoms with Crippen molar-refractivity contribution in [3.63, 3.8) is 0 Å². The molecule has 0 bridgehead atoms. The lowest BCUT2D eigenvalue weighted by Gasteiger charge is -2.44. The van der Waals surface area contributed by atoms with Crippen LogP contribution in [0.25, 0.3) is 11.1 Å². The second-order valence-corrected chi connectivity index (χ2v) is 9.40. The third-order valence-electron chi connectivity index (χ3n) is 7.21. The number of rotatable bonds is 5. The van der Waals surface area contributed by atoms with E-state index >= 15 is 0 Å². The van der Waals surface area contributed by atoms with E-state index in [0.717, 1.165) is 31.2 Å². The fourth-order valence-electron chi connectivity index (χ4n) is 5.35. The quantitative estimate of drug-likeness (QED) is 0.561. The highest BCUT2D eigenvalue weighted by Gasteiger charge is 2.49. The van der Waals surface area contributed by atoms with E-state index in [1.807, 2.05) is 17.6 Å². The van der Waals surface area contributed by atoms with Gasteiger partial charge in [-0.05, 0) is 31.9 Å². The first kappa shape index (κ1) is 22.4. The van der Waals surface area contributed by atoms with Crippen molar-refractivity contribution in [1.82, 2.24) is 9.88 Å². The second kappa shape index (κ2) is 8.74. The molecule has 0 unspecified atom stereocenters. The van der Waals surface area contributed by atoms with E-state index in [0.29, 0.717) is 35.0 Å². The fraction of sp³-hybridized carbons (Fsp3) is 0.462. The standard InChI is InChI=1S/C26H31N3O5/c1-26(25(31)27-17-8-6-4-5-7-9-17)16-28-19-12-13-34-22(19)15-20(28)24(30)29(26)18-10-11-21(32-2)23(14-18)33-3/h10-15,17H,4-9,16H2,1-3H3,(H,27,31)/t26-/m1/s1. The first-order valence-electron chi connectivity index (χ1n) is 11.9. The van der Waals surface area contributed by atoms with Crippen LogP contribution in [0.2, 0.25) is 0 Å². The highest BCUT2D eigenvalue weighted by molar-refractivity contribution is 6.13. The average molecular weight is 466 g/mol. The van der Waals surface area contributed by atoms with Crippen molar-refractivity contribution in [2.45, 2.75) is 63.6 Å². The van der Waals surface area contributed by atoms with E-state index in [1.54, 1.807) is 49.6 Å². The molecule has 8 nitrogen and oxygen atoms in total. The van der Waals surface area contributed by atoms with Gasteiger partial charge in [-0.15, -0.1) is 0 Å². The molecule has 180 valence electrons. The van der Waals surface area contributed by atoms with Crippen LogP contribution in [-0.4, -0.2) is 42.2 Å². The number of furan rings is 1. The number of carbonyl (C=O) groups excluding carboxylic acids is 2. The SMILES string of the molecule is COc1ccc(N2C(=O)c3cc4occc4n3C[C@]2(C)C(=O)NC2CCCCCC2)cc1OC. The number of fused-ring (bicyclic) bond motifs is 3. The Balaban J connectivity index is 1.59. The van der Waals surface area contributed by atoms with Crippen LogP contribution in [0.4, 0.5) is 5.69 Å². The van der Waals surface area contributed by atoms with Crippen LogP contribution in [0.3, 0.4) is 0 Å². The summed E-state index contributed by atoms with van der Waals surface area (Å²) in [5.41, 5.74) is 1.35. The molecule has 1 aromatic carbocycles. The summed E-state index contributed by atoms with van der Waals surface area (Å²) in [6.07, 6.45) is 8.15. The van der Waals surface area contributed by atoms with E-state index in [1.165, 1.54) is 12.8 Å². The average Bonchev–Trinajstić information content (AvgIpc) is 3.33. The maximum atomic E-state index is 13.9. The normalized spacial score (nSPS) is 21.3. The van der Waals surface area contributed by atoms with Gasteiger partial charge in [-0.3, -0.25) is 14.5 Å². The number of hydrogen-bond acceptors (Lipinski definition) is 5.